The van der Waals surface area contributed by atoms with Gasteiger partial charge in [-0.1, -0.05) is 36.7 Å². The highest BCUT2D eigenvalue weighted by Gasteiger charge is 2.20. The summed E-state index contributed by atoms with van der Waals surface area (Å²) in [6.45, 7) is 9.78. The first-order valence-electron chi connectivity index (χ1n) is 7.10. The number of ether oxygens (including phenoxy) is 1. The van der Waals surface area contributed by atoms with Gasteiger partial charge in [0.1, 0.15) is 5.75 Å². The Hall–Kier alpha value is -0.250. The average Bonchev–Trinajstić information content (AvgIpc) is 2.37. The van der Waals surface area contributed by atoms with Gasteiger partial charge in [-0.2, -0.15) is 0 Å². The predicted molar refractivity (Wildman–Crippen MR) is 91.2 cm³/mol. The van der Waals surface area contributed by atoms with E-state index in [1.807, 2.05) is 0 Å². The standard InChI is InChI=1S/C16H24BrNO.ClH/c1-16(2,3)14-10-13(17)4-5-15(14)19-11-12-6-8-18-9-7-12;/h4-5,10,12,18H,6-9,11H2,1-3H3;1H. The molecule has 0 unspecified atom stereocenters. The van der Waals surface area contributed by atoms with Gasteiger partial charge in [-0.25, -0.2) is 0 Å². The second-order valence-corrected chi connectivity index (χ2v) is 7.31. The summed E-state index contributed by atoms with van der Waals surface area (Å²) in [6, 6.07) is 6.33. The van der Waals surface area contributed by atoms with Crippen LogP contribution in [-0.4, -0.2) is 19.7 Å². The lowest BCUT2D eigenvalue weighted by Gasteiger charge is -2.26. The van der Waals surface area contributed by atoms with Gasteiger partial charge >= 0.3 is 0 Å². The summed E-state index contributed by atoms with van der Waals surface area (Å²) in [5.74, 6) is 1.73. The fourth-order valence-electron chi connectivity index (χ4n) is 2.47. The van der Waals surface area contributed by atoms with Gasteiger partial charge in [0.15, 0.2) is 0 Å². The molecule has 114 valence electrons. The molecule has 0 amide bonds. The van der Waals surface area contributed by atoms with Crippen LogP contribution in [0.5, 0.6) is 5.75 Å². The van der Waals surface area contributed by atoms with E-state index >= 15 is 0 Å². The van der Waals surface area contributed by atoms with E-state index in [4.69, 9.17) is 4.74 Å². The maximum atomic E-state index is 6.11. The van der Waals surface area contributed by atoms with Crippen LogP contribution in [0.15, 0.2) is 22.7 Å². The van der Waals surface area contributed by atoms with Crippen molar-refractivity contribution in [3.05, 3.63) is 28.2 Å². The van der Waals surface area contributed by atoms with Gasteiger partial charge in [0.05, 0.1) is 6.61 Å². The van der Waals surface area contributed by atoms with Crippen LogP contribution in [-0.2, 0) is 5.41 Å². The average molecular weight is 363 g/mol. The maximum Gasteiger partial charge on any atom is 0.123 e. The molecule has 1 saturated heterocycles. The van der Waals surface area contributed by atoms with Gasteiger partial charge in [-0.05, 0) is 55.5 Å². The first-order chi connectivity index (χ1) is 8.97. The zero-order chi connectivity index (χ0) is 13.9. The quantitative estimate of drug-likeness (QED) is 0.852. The zero-order valence-electron chi connectivity index (χ0n) is 12.5. The van der Waals surface area contributed by atoms with Crippen LogP contribution in [0, 0.1) is 5.92 Å². The van der Waals surface area contributed by atoms with Gasteiger partial charge in [-0.3, -0.25) is 0 Å². The fourth-order valence-corrected chi connectivity index (χ4v) is 2.83. The predicted octanol–water partition coefficient (Wildman–Crippen LogP) is 4.55. The van der Waals surface area contributed by atoms with Crippen molar-refractivity contribution in [2.75, 3.05) is 19.7 Å². The van der Waals surface area contributed by atoms with Gasteiger partial charge in [0, 0.05) is 10.0 Å². The summed E-state index contributed by atoms with van der Waals surface area (Å²) in [6.07, 6.45) is 2.45. The number of hydrogen-bond donors (Lipinski definition) is 1. The third-order valence-electron chi connectivity index (χ3n) is 3.68. The number of halogens is 2. The molecule has 0 spiro atoms. The van der Waals surface area contributed by atoms with Crippen molar-refractivity contribution in [2.24, 2.45) is 5.92 Å². The van der Waals surface area contributed by atoms with Gasteiger partial charge in [0.2, 0.25) is 0 Å². The minimum absolute atomic E-state index is 0. The molecule has 0 aromatic heterocycles. The summed E-state index contributed by atoms with van der Waals surface area (Å²) in [7, 11) is 0. The Morgan fingerprint density at radius 1 is 1.25 bits per heavy atom. The largest absolute Gasteiger partial charge is 0.493 e. The van der Waals surface area contributed by atoms with Crippen LogP contribution >= 0.6 is 28.3 Å². The summed E-state index contributed by atoms with van der Waals surface area (Å²) >= 11 is 3.55. The second kappa shape index (κ2) is 7.67. The molecule has 0 radical (unpaired) electrons. The van der Waals surface area contributed by atoms with Crippen molar-refractivity contribution in [2.45, 2.75) is 39.0 Å². The number of benzene rings is 1. The van der Waals surface area contributed by atoms with Crippen LogP contribution < -0.4 is 10.1 Å². The monoisotopic (exact) mass is 361 g/mol. The molecule has 1 aromatic rings. The molecule has 1 N–H and O–H groups in total. The van der Waals surface area contributed by atoms with E-state index < -0.39 is 0 Å². The number of rotatable bonds is 3. The summed E-state index contributed by atoms with van der Waals surface area (Å²) in [4.78, 5) is 0. The topological polar surface area (TPSA) is 21.3 Å². The van der Waals surface area contributed by atoms with Crippen LogP contribution in [0.2, 0.25) is 0 Å². The lowest BCUT2D eigenvalue weighted by atomic mass is 9.86. The van der Waals surface area contributed by atoms with E-state index in [9.17, 15) is 0 Å². The van der Waals surface area contributed by atoms with E-state index in [-0.39, 0.29) is 17.8 Å². The summed E-state index contributed by atoms with van der Waals surface area (Å²) in [5.41, 5.74) is 1.38. The third kappa shape index (κ3) is 4.94. The molecule has 0 aliphatic carbocycles. The SMILES string of the molecule is CC(C)(C)c1cc(Br)ccc1OCC1CCNCC1.Cl. The highest BCUT2D eigenvalue weighted by Crippen LogP contribution is 2.34. The minimum Gasteiger partial charge on any atom is -0.493 e. The molecule has 2 nitrogen and oxygen atoms in total. The molecule has 1 aliphatic heterocycles. The summed E-state index contributed by atoms with van der Waals surface area (Å²) < 4.78 is 7.23. The fraction of sp³-hybridized carbons (Fsp3) is 0.625. The van der Waals surface area contributed by atoms with Crippen LogP contribution in [0.4, 0.5) is 0 Å². The molecular weight excluding hydrogens is 338 g/mol. The molecule has 0 bridgehead atoms. The smallest absolute Gasteiger partial charge is 0.123 e. The molecule has 1 aromatic carbocycles. The van der Waals surface area contributed by atoms with Crippen LogP contribution in [0.25, 0.3) is 0 Å². The van der Waals surface area contributed by atoms with E-state index in [0.29, 0.717) is 5.92 Å². The lowest BCUT2D eigenvalue weighted by molar-refractivity contribution is 0.211. The van der Waals surface area contributed by atoms with Crippen LogP contribution in [0.1, 0.15) is 39.2 Å². The molecule has 0 atom stereocenters. The molecule has 20 heavy (non-hydrogen) atoms. The molecule has 1 fully saturated rings. The lowest BCUT2D eigenvalue weighted by Crippen LogP contribution is -2.30. The molecular formula is C16H25BrClNO. The number of nitrogens with one attached hydrogen (secondary N) is 1. The van der Waals surface area contributed by atoms with Crippen molar-refractivity contribution < 1.29 is 4.74 Å². The van der Waals surface area contributed by atoms with Gasteiger partial charge in [0.25, 0.3) is 0 Å². The minimum atomic E-state index is 0. The van der Waals surface area contributed by atoms with Gasteiger partial charge < -0.3 is 10.1 Å². The number of piperidine rings is 1. The Kier molecular flexibility index (Phi) is 6.83. The second-order valence-electron chi connectivity index (χ2n) is 6.39. The van der Waals surface area contributed by atoms with Crippen molar-refractivity contribution >= 4 is 28.3 Å². The normalized spacial score (nSPS) is 16.6. The summed E-state index contributed by atoms with van der Waals surface area (Å²) in [5, 5.41) is 3.39. The zero-order valence-corrected chi connectivity index (χ0v) is 14.9. The van der Waals surface area contributed by atoms with Gasteiger partial charge in [-0.15, -0.1) is 12.4 Å². The molecule has 1 aliphatic rings. The number of hydrogen-bond acceptors (Lipinski definition) is 2. The Bertz CT molecular complexity index is 425. The van der Waals surface area contributed by atoms with Crippen molar-refractivity contribution in [1.82, 2.24) is 5.32 Å². The third-order valence-corrected chi connectivity index (χ3v) is 4.18. The van der Waals surface area contributed by atoms with E-state index in [2.05, 4.69) is 60.2 Å². The molecule has 0 saturated carbocycles. The first-order valence-corrected chi connectivity index (χ1v) is 7.89. The van der Waals surface area contributed by atoms with Crippen molar-refractivity contribution in [3.63, 3.8) is 0 Å². The highest BCUT2D eigenvalue weighted by molar-refractivity contribution is 9.10. The Morgan fingerprint density at radius 3 is 2.50 bits per heavy atom. The van der Waals surface area contributed by atoms with Crippen LogP contribution in [0.3, 0.4) is 0 Å². The van der Waals surface area contributed by atoms with E-state index in [1.54, 1.807) is 0 Å². The van der Waals surface area contributed by atoms with E-state index in [0.717, 1.165) is 29.9 Å². The van der Waals surface area contributed by atoms with E-state index in [1.165, 1.54) is 18.4 Å². The Labute approximate surface area is 137 Å². The van der Waals surface area contributed by atoms with Crippen molar-refractivity contribution in [3.8, 4) is 5.75 Å². The molecule has 4 heteroatoms. The Morgan fingerprint density at radius 2 is 1.90 bits per heavy atom. The highest BCUT2D eigenvalue weighted by atomic mass is 79.9. The maximum absolute atomic E-state index is 6.11. The first kappa shape index (κ1) is 17.8. The Balaban J connectivity index is 0.00000200. The van der Waals surface area contributed by atoms with Crippen molar-refractivity contribution in [1.29, 1.82) is 0 Å². The molecule has 2 rings (SSSR count). The molecule has 1 heterocycles.